The second-order valence-electron chi connectivity index (χ2n) is 5.57. The van der Waals surface area contributed by atoms with Crippen LogP contribution in [0.25, 0.3) is 0 Å². The molecule has 2 rings (SSSR count). The Hall–Kier alpha value is 0. The van der Waals surface area contributed by atoms with Crippen LogP contribution in [0.5, 0.6) is 0 Å². The van der Waals surface area contributed by atoms with Crippen LogP contribution in [0.3, 0.4) is 0 Å². The van der Waals surface area contributed by atoms with Gasteiger partial charge in [-0.3, -0.25) is 0 Å². The van der Waals surface area contributed by atoms with Gasteiger partial charge in [-0.25, -0.2) is 0 Å². The lowest BCUT2D eigenvalue weighted by Crippen LogP contribution is -2.05. The van der Waals surface area contributed by atoms with Gasteiger partial charge in [-0.05, 0) is 55.3 Å². The van der Waals surface area contributed by atoms with Crippen molar-refractivity contribution in [1.29, 1.82) is 0 Å². The van der Waals surface area contributed by atoms with Crippen molar-refractivity contribution in [2.45, 2.75) is 74.1 Å². The molecule has 0 aromatic rings. The van der Waals surface area contributed by atoms with Gasteiger partial charge in [-0.2, -0.15) is 0 Å². The molecule has 0 aliphatic heterocycles. The molecule has 2 atom stereocenters. The first kappa shape index (κ1) is 16.0. The molecule has 2 fully saturated rings. The Morgan fingerprint density at radius 1 is 0.750 bits per heavy atom. The predicted molar refractivity (Wildman–Crippen MR) is 75.6 cm³/mol. The molecule has 16 heavy (non-hydrogen) atoms. The van der Waals surface area contributed by atoms with Gasteiger partial charge in [0, 0.05) is 0 Å². The lowest BCUT2D eigenvalue weighted by atomic mass is 9.90. The van der Waals surface area contributed by atoms with E-state index in [2.05, 4.69) is 20.8 Å². The molecule has 0 radical (unpaired) electrons. The summed E-state index contributed by atoms with van der Waals surface area (Å²) in [5, 5.41) is 0. The summed E-state index contributed by atoms with van der Waals surface area (Å²) < 4.78 is 0. The zero-order chi connectivity index (χ0) is 12.7. The van der Waals surface area contributed by atoms with Gasteiger partial charge in [0.2, 0.25) is 0 Å². The molecule has 2 saturated carbocycles. The molecule has 2 unspecified atom stereocenters. The van der Waals surface area contributed by atoms with E-state index in [0.29, 0.717) is 0 Å². The third-order valence-electron chi connectivity index (χ3n) is 4.23. The van der Waals surface area contributed by atoms with E-state index in [1.165, 1.54) is 12.8 Å². The molecule has 2 aliphatic rings. The Morgan fingerprint density at radius 3 is 1.44 bits per heavy atom. The fourth-order valence-corrected chi connectivity index (χ4v) is 3.51. The minimum atomic E-state index is 0.936. The Bertz CT molecular complexity index is 145. The topological polar surface area (TPSA) is 0 Å². The van der Waals surface area contributed by atoms with Gasteiger partial charge in [0.1, 0.15) is 0 Å². The normalized spacial score (nSPS) is 36.0. The standard InChI is InChI=1S/C12H22.2C2H6/c1-8(2)10-6-11-4-9(3)5-12(11)7-10;2*1-2/h8-12H,4-7H2,1-3H3;2*1-2H3. The molecular weight excluding hydrogens is 192 g/mol. The van der Waals surface area contributed by atoms with E-state index >= 15 is 0 Å². The fraction of sp³-hybridized carbons (Fsp3) is 1.00. The van der Waals surface area contributed by atoms with Gasteiger partial charge >= 0.3 is 0 Å². The van der Waals surface area contributed by atoms with Gasteiger partial charge < -0.3 is 0 Å². The van der Waals surface area contributed by atoms with Crippen LogP contribution in [0, 0.1) is 29.6 Å². The van der Waals surface area contributed by atoms with E-state index in [9.17, 15) is 0 Å². The van der Waals surface area contributed by atoms with Crippen molar-refractivity contribution < 1.29 is 0 Å². The third-order valence-corrected chi connectivity index (χ3v) is 4.23. The Morgan fingerprint density at radius 2 is 1.12 bits per heavy atom. The van der Waals surface area contributed by atoms with E-state index in [1.54, 1.807) is 12.8 Å². The van der Waals surface area contributed by atoms with Gasteiger partial charge in [0.05, 0.1) is 0 Å². The Labute approximate surface area is 104 Å². The summed E-state index contributed by atoms with van der Waals surface area (Å²) in [6, 6.07) is 0. The summed E-state index contributed by atoms with van der Waals surface area (Å²) in [7, 11) is 0. The summed E-state index contributed by atoms with van der Waals surface area (Å²) >= 11 is 0. The van der Waals surface area contributed by atoms with Crippen LogP contribution in [0.2, 0.25) is 0 Å². The number of hydrogen-bond donors (Lipinski definition) is 0. The molecule has 0 heteroatoms. The lowest BCUT2D eigenvalue weighted by Gasteiger charge is -2.15. The second-order valence-corrected chi connectivity index (χ2v) is 5.57. The molecule has 2 aliphatic carbocycles. The van der Waals surface area contributed by atoms with Gasteiger partial charge in [0.25, 0.3) is 0 Å². The van der Waals surface area contributed by atoms with E-state index in [4.69, 9.17) is 0 Å². The van der Waals surface area contributed by atoms with Crippen molar-refractivity contribution in [2.75, 3.05) is 0 Å². The minimum Gasteiger partial charge on any atom is -0.0683 e. The second kappa shape index (κ2) is 8.14. The first-order valence-corrected chi connectivity index (χ1v) is 7.66. The van der Waals surface area contributed by atoms with Gasteiger partial charge in [-0.15, -0.1) is 0 Å². The van der Waals surface area contributed by atoms with Crippen LogP contribution in [-0.4, -0.2) is 0 Å². The van der Waals surface area contributed by atoms with Crippen LogP contribution < -0.4 is 0 Å². The molecular formula is C16H34. The van der Waals surface area contributed by atoms with Gasteiger partial charge in [0.15, 0.2) is 0 Å². The molecule has 0 amide bonds. The average molecular weight is 226 g/mol. The zero-order valence-electron chi connectivity index (χ0n) is 12.7. The quantitative estimate of drug-likeness (QED) is 0.532. The monoisotopic (exact) mass is 226 g/mol. The lowest BCUT2D eigenvalue weighted by molar-refractivity contribution is 0.353. The largest absolute Gasteiger partial charge is 0.0683 e. The van der Waals surface area contributed by atoms with Crippen LogP contribution >= 0.6 is 0 Å². The van der Waals surface area contributed by atoms with Crippen molar-refractivity contribution in [3.63, 3.8) is 0 Å². The third kappa shape index (κ3) is 4.11. The SMILES string of the molecule is CC.CC.CC1CC2CC(C(C)C)CC2C1. The molecule has 0 N–H and O–H groups in total. The molecule has 0 saturated heterocycles. The first-order valence-electron chi connectivity index (χ1n) is 7.66. The Kier molecular flexibility index (Phi) is 8.14. The highest BCUT2D eigenvalue weighted by atomic mass is 14.5. The van der Waals surface area contributed by atoms with Crippen molar-refractivity contribution in [3.8, 4) is 0 Å². The highest BCUT2D eigenvalue weighted by molar-refractivity contribution is 4.91. The van der Waals surface area contributed by atoms with Crippen LogP contribution in [0.4, 0.5) is 0 Å². The maximum absolute atomic E-state index is 2.43. The maximum Gasteiger partial charge on any atom is -0.0380 e. The van der Waals surface area contributed by atoms with Crippen LogP contribution in [-0.2, 0) is 0 Å². The molecule has 0 aromatic carbocycles. The molecule has 0 bridgehead atoms. The maximum atomic E-state index is 2.43. The molecule has 0 heterocycles. The van der Waals surface area contributed by atoms with E-state index in [1.807, 2.05) is 27.7 Å². The summed E-state index contributed by atoms with van der Waals surface area (Å²) in [6.45, 7) is 15.2. The average Bonchev–Trinajstić information content (AvgIpc) is 2.80. The van der Waals surface area contributed by atoms with Crippen LogP contribution in [0.1, 0.15) is 74.1 Å². The van der Waals surface area contributed by atoms with Crippen LogP contribution in [0.15, 0.2) is 0 Å². The number of hydrogen-bond acceptors (Lipinski definition) is 0. The molecule has 0 spiro atoms. The molecule has 98 valence electrons. The summed E-state index contributed by atoms with van der Waals surface area (Å²) in [5.74, 6) is 5.27. The highest BCUT2D eigenvalue weighted by Crippen LogP contribution is 2.50. The summed E-state index contributed by atoms with van der Waals surface area (Å²) in [6.07, 6.45) is 6.17. The van der Waals surface area contributed by atoms with Crippen molar-refractivity contribution in [3.05, 3.63) is 0 Å². The zero-order valence-corrected chi connectivity index (χ0v) is 12.7. The van der Waals surface area contributed by atoms with E-state index in [0.717, 1.165) is 29.6 Å². The van der Waals surface area contributed by atoms with Crippen molar-refractivity contribution in [1.82, 2.24) is 0 Å². The summed E-state index contributed by atoms with van der Waals surface area (Å²) in [4.78, 5) is 0. The van der Waals surface area contributed by atoms with Crippen molar-refractivity contribution >= 4 is 0 Å². The van der Waals surface area contributed by atoms with Gasteiger partial charge in [-0.1, -0.05) is 48.5 Å². The van der Waals surface area contributed by atoms with Crippen molar-refractivity contribution in [2.24, 2.45) is 29.6 Å². The van der Waals surface area contributed by atoms with E-state index < -0.39 is 0 Å². The summed E-state index contributed by atoms with van der Waals surface area (Å²) in [5.41, 5.74) is 0. The first-order chi connectivity index (χ1) is 7.66. The number of fused-ring (bicyclic) bond motifs is 1. The predicted octanol–water partition coefficient (Wildman–Crippen LogP) is 5.77. The molecule has 0 aromatic heterocycles. The minimum absolute atomic E-state index is 0.936. The van der Waals surface area contributed by atoms with E-state index in [-0.39, 0.29) is 0 Å². The fourth-order valence-electron chi connectivity index (χ4n) is 3.51. The number of rotatable bonds is 1. The molecule has 0 nitrogen and oxygen atoms in total. The smallest absolute Gasteiger partial charge is 0.0380 e. The highest BCUT2D eigenvalue weighted by Gasteiger charge is 2.40. The Balaban J connectivity index is 0.000000509.